The van der Waals surface area contributed by atoms with Crippen molar-refractivity contribution in [2.24, 2.45) is 0 Å². The number of nitrogens with one attached hydrogen (secondary N) is 1. The zero-order valence-corrected chi connectivity index (χ0v) is 17.0. The van der Waals surface area contributed by atoms with Crippen LogP contribution in [0.5, 0.6) is 5.75 Å². The van der Waals surface area contributed by atoms with Crippen LogP contribution in [0, 0.1) is 0 Å². The predicted molar refractivity (Wildman–Crippen MR) is 115 cm³/mol. The molecule has 0 unspecified atom stereocenters. The Morgan fingerprint density at radius 1 is 1.24 bits per heavy atom. The number of carboxylic acid groups (broad SMARTS) is 1. The van der Waals surface area contributed by atoms with Crippen LogP contribution < -0.4 is 5.32 Å². The van der Waals surface area contributed by atoms with Crippen LogP contribution in [0.1, 0.15) is 15.9 Å². The van der Waals surface area contributed by atoms with Gasteiger partial charge in [0.1, 0.15) is 22.2 Å². The number of thioether (sulfide) groups is 1. The van der Waals surface area contributed by atoms with Crippen molar-refractivity contribution in [3.8, 4) is 5.75 Å². The van der Waals surface area contributed by atoms with Crippen LogP contribution in [-0.4, -0.2) is 43.8 Å². The maximum Gasteiger partial charge on any atom is 0.339 e. The van der Waals surface area contributed by atoms with Crippen molar-refractivity contribution in [3.05, 3.63) is 63.5 Å². The molecule has 0 spiro atoms. The van der Waals surface area contributed by atoms with Crippen LogP contribution in [0.3, 0.4) is 0 Å². The minimum Gasteiger partial charge on any atom is -0.507 e. The van der Waals surface area contributed by atoms with Crippen molar-refractivity contribution in [2.75, 3.05) is 11.9 Å². The quantitative estimate of drug-likeness (QED) is 0.474. The van der Waals surface area contributed by atoms with Crippen molar-refractivity contribution in [1.29, 1.82) is 0 Å². The van der Waals surface area contributed by atoms with E-state index in [9.17, 15) is 19.5 Å². The highest BCUT2D eigenvalue weighted by molar-refractivity contribution is 8.26. The van der Waals surface area contributed by atoms with E-state index in [-0.39, 0.29) is 22.1 Å². The number of phenols is 1. The van der Waals surface area contributed by atoms with Crippen LogP contribution in [0.15, 0.2) is 47.4 Å². The number of nitrogens with zero attached hydrogens (tertiary/aromatic N) is 1. The fraction of sp³-hybridized carbons (Fsp3) is 0.0526. The van der Waals surface area contributed by atoms with Crippen LogP contribution in [0.4, 0.5) is 5.69 Å². The summed E-state index contributed by atoms with van der Waals surface area (Å²) in [5.74, 6) is -2.72. The van der Waals surface area contributed by atoms with Crippen LogP contribution in [0.2, 0.25) is 5.02 Å². The smallest absolute Gasteiger partial charge is 0.339 e. The van der Waals surface area contributed by atoms with Gasteiger partial charge in [0.2, 0.25) is 5.91 Å². The van der Waals surface area contributed by atoms with Gasteiger partial charge in [-0.15, -0.1) is 0 Å². The first kappa shape index (κ1) is 20.8. The molecule has 2 amide bonds. The third-order valence-corrected chi connectivity index (χ3v) is 5.45. The minimum absolute atomic E-state index is 0.192. The van der Waals surface area contributed by atoms with Crippen molar-refractivity contribution < 1.29 is 24.6 Å². The molecule has 148 valence electrons. The Labute approximate surface area is 180 Å². The fourth-order valence-electron chi connectivity index (χ4n) is 2.52. The van der Waals surface area contributed by atoms with Gasteiger partial charge in [0, 0.05) is 16.8 Å². The van der Waals surface area contributed by atoms with E-state index in [0.29, 0.717) is 9.93 Å². The number of hydrogen-bond donors (Lipinski definition) is 3. The maximum absolute atomic E-state index is 12.6. The zero-order valence-electron chi connectivity index (χ0n) is 14.6. The summed E-state index contributed by atoms with van der Waals surface area (Å²) in [6, 6.07) is 10.6. The van der Waals surface area contributed by atoms with E-state index in [2.05, 4.69) is 5.32 Å². The van der Waals surface area contributed by atoms with Gasteiger partial charge in [0.05, 0.1) is 4.91 Å². The number of carbonyl (C=O) groups excluding carboxylic acids is 2. The second kappa shape index (κ2) is 8.64. The molecule has 0 radical (unpaired) electrons. The third-order valence-electron chi connectivity index (χ3n) is 3.83. The number of halogens is 1. The van der Waals surface area contributed by atoms with E-state index in [0.717, 1.165) is 28.3 Å². The molecule has 2 aromatic carbocycles. The Kier molecular flexibility index (Phi) is 6.21. The lowest BCUT2D eigenvalue weighted by molar-refractivity contribution is -0.126. The van der Waals surface area contributed by atoms with Gasteiger partial charge in [-0.1, -0.05) is 47.7 Å². The van der Waals surface area contributed by atoms with Crippen molar-refractivity contribution in [3.63, 3.8) is 0 Å². The Morgan fingerprint density at radius 3 is 2.66 bits per heavy atom. The summed E-state index contributed by atoms with van der Waals surface area (Å²) in [7, 11) is 0. The molecule has 1 saturated heterocycles. The molecule has 0 bridgehead atoms. The second-order valence-electron chi connectivity index (χ2n) is 5.91. The molecule has 0 atom stereocenters. The largest absolute Gasteiger partial charge is 0.507 e. The number of carboxylic acids is 1. The summed E-state index contributed by atoms with van der Waals surface area (Å²) >= 11 is 12.2. The number of benzene rings is 2. The summed E-state index contributed by atoms with van der Waals surface area (Å²) in [6.07, 6.45) is 1.64. The zero-order chi connectivity index (χ0) is 21.1. The number of carbonyl (C=O) groups is 3. The SMILES string of the molecule is O=C(CN1C(=O)C(=Cc2cccc(Cl)c2)SC1=S)Nc1ccc(C(=O)O)c(O)c1. The number of aromatic hydroxyl groups is 1. The molecule has 1 fully saturated rings. The Balaban J connectivity index is 1.69. The molecule has 29 heavy (non-hydrogen) atoms. The van der Waals surface area contributed by atoms with Crippen LogP contribution >= 0.6 is 35.6 Å². The van der Waals surface area contributed by atoms with Gasteiger partial charge in [0.25, 0.3) is 5.91 Å². The first-order valence-corrected chi connectivity index (χ1v) is 9.72. The van der Waals surface area contributed by atoms with E-state index in [1.807, 2.05) is 0 Å². The highest BCUT2D eigenvalue weighted by atomic mass is 35.5. The predicted octanol–water partition coefficient (Wildman–Crippen LogP) is 3.58. The standard InChI is InChI=1S/C19H13ClN2O5S2/c20-11-3-1-2-10(6-11)7-15-17(25)22(19(28)29-15)9-16(24)21-12-4-5-13(18(26)27)14(23)8-12/h1-8,23H,9H2,(H,21,24)(H,26,27). The van der Waals surface area contributed by atoms with E-state index >= 15 is 0 Å². The summed E-state index contributed by atoms with van der Waals surface area (Å²) in [4.78, 5) is 37.3. The fourth-order valence-corrected chi connectivity index (χ4v) is 3.97. The van der Waals surface area contributed by atoms with Crippen molar-refractivity contribution in [2.45, 2.75) is 0 Å². The van der Waals surface area contributed by atoms with E-state index < -0.39 is 23.5 Å². The normalized spacial score (nSPS) is 15.1. The van der Waals surface area contributed by atoms with Gasteiger partial charge in [-0.2, -0.15) is 0 Å². The second-order valence-corrected chi connectivity index (χ2v) is 8.02. The van der Waals surface area contributed by atoms with Gasteiger partial charge in [-0.25, -0.2) is 4.79 Å². The Hall–Kier alpha value is -2.88. The molecule has 2 aromatic rings. The number of amides is 2. The first-order valence-electron chi connectivity index (χ1n) is 8.11. The number of aromatic carboxylic acids is 1. The van der Waals surface area contributed by atoms with Crippen LogP contribution in [-0.2, 0) is 9.59 Å². The van der Waals surface area contributed by atoms with Crippen molar-refractivity contribution >= 4 is 69.4 Å². The van der Waals surface area contributed by atoms with E-state index in [4.69, 9.17) is 28.9 Å². The van der Waals surface area contributed by atoms with E-state index in [1.165, 1.54) is 12.1 Å². The minimum atomic E-state index is -1.29. The van der Waals surface area contributed by atoms with Gasteiger partial charge in [-0.3, -0.25) is 14.5 Å². The van der Waals surface area contributed by atoms with Gasteiger partial charge < -0.3 is 15.5 Å². The average molecular weight is 449 g/mol. The monoisotopic (exact) mass is 448 g/mol. The number of thiocarbonyl (C=S) groups is 1. The van der Waals surface area contributed by atoms with Gasteiger partial charge >= 0.3 is 5.97 Å². The van der Waals surface area contributed by atoms with Crippen molar-refractivity contribution in [1.82, 2.24) is 4.90 Å². The number of hydrogen-bond acceptors (Lipinski definition) is 6. The lowest BCUT2D eigenvalue weighted by Crippen LogP contribution is -2.36. The topological polar surface area (TPSA) is 107 Å². The highest BCUT2D eigenvalue weighted by Crippen LogP contribution is 2.32. The highest BCUT2D eigenvalue weighted by Gasteiger charge is 2.33. The Bertz CT molecular complexity index is 1070. The van der Waals surface area contributed by atoms with E-state index in [1.54, 1.807) is 30.3 Å². The third kappa shape index (κ3) is 4.94. The lowest BCUT2D eigenvalue weighted by atomic mass is 10.2. The maximum atomic E-state index is 12.6. The molecule has 10 heteroatoms. The molecule has 0 aromatic heterocycles. The average Bonchev–Trinajstić information content (AvgIpc) is 2.89. The lowest BCUT2D eigenvalue weighted by Gasteiger charge is -2.14. The molecule has 0 saturated carbocycles. The molecule has 1 aliphatic rings. The molecule has 3 N–H and O–H groups in total. The van der Waals surface area contributed by atoms with Gasteiger partial charge in [0.15, 0.2) is 0 Å². The number of rotatable bonds is 5. The summed E-state index contributed by atoms with van der Waals surface area (Å²) < 4.78 is 0.238. The molecular formula is C19H13ClN2O5S2. The summed E-state index contributed by atoms with van der Waals surface area (Å²) in [5, 5.41) is 21.6. The molecule has 7 nitrogen and oxygen atoms in total. The van der Waals surface area contributed by atoms with Gasteiger partial charge in [-0.05, 0) is 35.9 Å². The summed E-state index contributed by atoms with van der Waals surface area (Å²) in [6.45, 7) is -0.320. The Morgan fingerprint density at radius 2 is 2.00 bits per heavy atom. The first-order chi connectivity index (χ1) is 13.7. The molecular weight excluding hydrogens is 436 g/mol. The summed E-state index contributed by atoms with van der Waals surface area (Å²) in [5.41, 5.74) is 0.639. The molecule has 1 aliphatic heterocycles. The van der Waals surface area contributed by atoms with Crippen LogP contribution in [0.25, 0.3) is 6.08 Å². The number of anilines is 1. The molecule has 1 heterocycles. The molecule has 3 rings (SSSR count). The molecule has 0 aliphatic carbocycles.